The first-order chi connectivity index (χ1) is 9.77. The van der Waals surface area contributed by atoms with Gasteiger partial charge in [-0.3, -0.25) is 0 Å². The quantitative estimate of drug-likeness (QED) is 0.933. The van der Waals surface area contributed by atoms with Crippen LogP contribution in [-0.4, -0.2) is 16.1 Å². The van der Waals surface area contributed by atoms with Crippen molar-refractivity contribution in [2.75, 3.05) is 0 Å². The number of rotatable bonds is 3. The number of pyridine rings is 1. The average molecular weight is 297 g/mol. The molecule has 0 aliphatic rings. The van der Waals surface area contributed by atoms with Gasteiger partial charge in [-0.05, 0) is 31.2 Å². The lowest BCUT2D eigenvalue weighted by molar-refractivity contribution is -0.141. The Morgan fingerprint density at radius 2 is 1.76 bits per heavy atom. The number of aryl methyl sites for hydroxylation is 1. The molecule has 0 spiro atoms. The van der Waals surface area contributed by atoms with E-state index in [2.05, 4.69) is 4.98 Å². The van der Waals surface area contributed by atoms with Gasteiger partial charge in [0, 0.05) is 0 Å². The summed E-state index contributed by atoms with van der Waals surface area (Å²) >= 11 is 0. The number of hydrogen-bond acceptors (Lipinski definition) is 3. The van der Waals surface area contributed by atoms with Crippen molar-refractivity contribution in [3.8, 4) is 11.6 Å². The van der Waals surface area contributed by atoms with Crippen LogP contribution in [0.25, 0.3) is 0 Å². The predicted octanol–water partition coefficient (Wildman–Crippen LogP) is 3.90. The van der Waals surface area contributed by atoms with E-state index in [1.165, 1.54) is 12.1 Å². The number of alkyl halides is 3. The van der Waals surface area contributed by atoms with Crippen molar-refractivity contribution < 1.29 is 27.8 Å². The summed E-state index contributed by atoms with van der Waals surface area (Å²) in [7, 11) is 0. The van der Waals surface area contributed by atoms with Gasteiger partial charge in [0.05, 0.1) is 0 Å². The van der Waals surface area contributed by atoms with Crippen molar-refractivity contribution in [1.82, 2.24) is 4.98 Å². The lowest BCUT2D eigenvalue weighted by atomic mass is 10.2. The third kappa shape index (κ3) is 3.50. The Morgan fingerprint density at radius 3 is 2.29 bits per heavy atom. The number of hydrogen-bond donors (Lipinski definition) is 1. The number of halogens is 3. The number of benzene rings is 1. The fourth-order valence-corrected chi connectivity index (χ4v) is 1.56. The van der Waals surface area contributed by atoms with E-state index in [-0.39, 0.29) is 5.75 Å². The first kappa shape index (κ1) is 14.8. The van der Waals surface area contributed by atoms with E-state index >= 15 is 0 Å². The van der Waals surface area contributed by atoms with Gasteiger partial charge in [-0.2, -0.15) is 13.2 Å². The molecule has 0 radical (unpaired) electrons. The Labute approximate surface area is 117 Å². The van der Waals surface area contributed by atoms with Crippen LogP contribution >= 0.6 is 0 Å². The number of carbonyl (C=O) groups is 1. The molecule has 0 aliphatic carbocycles. The Balaban J connectivity index is 2.43. The zero-order chi connectivity index (χ0) is 15.6. The van der Waals surface area contributed by atoms with E-state index < -0.39 is 29.3 Å². The minimum Gasteiger partial charge on any atom is -0.477 e. The van der Waals surface area contributed by atoms with Gasteiger partial charge in [-0.25, -0.2) is 9.78 Å². The number of ether oxygens (including phenoxy) is 1. The molecule has 0 fully saturated rings. The summed E-state index contributed by atoms with van der Waals surface area (Å²) in [5.74, 6) is -1.81. The van der Waals surface area contributed by atoms with E-state index in [4.69, 9.17) is 9.84 Å². The molecular weight excluding hydrogens is 287 g/mol. The summed E-state index contributed by atoms with van der Waals surface area (Å²) in [5, 5.41) is 8.98. The van der Waals surface area contributed by atoms with E-state index in [0.29, 0.717) is 6.07 Å². The Bertz CT molecular complexity index is 666. The fourth-order valence-electron chi connectivity index (χ4n) is 1.56. The maximum Gasteiger partial charge on any atom is 0.433 e. The second-order valence-corrected chi connectivity index (χ2v) is 4.27. The zero-order valence-corrected chi connectivity index (χ0v) is 10.8. The molecule has 4 nitrogen and oxygen atoms in total. The van der Waals surface area contributed by atoms with Crippen molar-refractivity contribution in [3.63, 3.8) is 0 Å². The smallest absolute Gasteiger partial charge is 0.433 e. The van der Waals surface area contributed by atoms with Gasteiger partial charge >= 0.3 is 12.1 Å². The second-order valence-electron chi connectivity index (χ2n) is 4.27. The highest BCUT2D eigenvalue weighted by Gasteiger charge is 2.34. The molecule has 2 rings (SSSR count). The summed E-state index contributed by atoms with van der Waals surface area (Å²) < 4.78 is 43.1. The summed E-state index contributed by atoms with van der Waals surface area (Å²) in [5.41, 5.74) is -0.726. The number of nitrogens with zero attached hydrogens (tertiary/aromatic N) is 1. The van der Waals surface area contributed by atoms with Gasteiger partial charge in [-0.1, -0.05) is 17.7 Å². The molecule has 0 bridgehead atoms. The van der Waals surface area contributed by atoms with Crippen LogP contribution in [0.15, 0.2) is 36.4 Å². The van der Waals surface area contributed by atoms with Crippen LogP contribution in [-0.2, 0) is 6.18 Å². The molecule has 1 N–H and O–H groups in total. The third-order valence-electron chi connectivity index (χ3n) is 2.62. The van der Waals surface area contributed by atoms with Gasteiger partial charge < -0.3 is 9.84 Å². The van der Waals surface area contributed by atoms with E-state index in [0.717, 1.165) is 11.6 Å². The molecule has 1 aromatic carbocycles. The molecule has 21 heavy (non-hydrogen) atoms. The minimum absolute atomic E-state index is 0.204. The van der Waals surface area contributed by atoms with Crippen LogP contribution in [0.4, 0.5) is 13.2 Å². The molecule has 0 saturated carbocycles. The van der Waals surface area contributed by atoms with E-state index in [9.17, 15) is 18.0 Å². The molecule has 0 atom stereocenters. The molecule has 110 valence electrons. The minimum atomic E-state index is -4.68. The van der Waals surface area contributed by atoms with Crippen molar-refractivity contribution in [1.29, 1.82) is 0 Å². The molecule has 0 aliphatic heterocycles. The molecule has 1 aromatic heterocycles. The number of aromatic nitrogens is 1. The summed E-state index contributed by atoms with van der Waals surface area (Å²) in [6.07, 6.45) is -4.68. The van der Waals surface area contributed by atoms with Crippen LogP contribution in [0, 0.1) is 6.92 Å². The monoisotopic (exact) mass is 297 g/mol. The zero-order valence-electron chi connectivity index (χ0n) is 10.8. The lowest BCUT2D eigenvalue weighted by Crippen LogP contribution is -2.11. The molecule has 0 amide bonds. The van der Waals surface area contributed by atoms with Gasteiger partial charge in [0.25, 0.3) is 0 Å². The number of carboxylic acid groups (broad SMARTS) is 1. The van der Waals surface area contributed by atoms with Crippen molar-refractivity contribution in [2.45, 2.75) is 13.1 Å². The van der Waals surface area contributed by atoms with Crippen LogP contribution in [0.2, 0.25) is 0 Å². The van der Waals surface area contributed by atoms with Crippen molar-refractivity contribution in [3.05, 3.63) is 53.2 Å². The van der Waals surface area contributed by atoms with Crippen LogP contribution < -0.4 is 4.74 Å². The van der Waals surface area contributed by atoms with Crippen molar-refractivity contribution in [2.24, 2.45) is 0 Å². The van der Waals surface area contributed by atoms with Crippen LogP contribution in [0.3, 0.4) is 0 Å². The highest BCUT2D eigenvalue weighted by molar-refractivity contribution is 5.90. The predicted molar refractivity (Wildman–Crippen MR) is 67.5 cm³/mol. The molecular formula is C14H10F3NO3. The highest BCUT2D eigenvalue weighted by atomic mass is 19.4. The average Bonchev–Trinajstić information content (AvgIpc) is 2.40. The molecule has 2 aromatic rings. The molecule has 7 heteroatoms. The van der Waals surface area contributed by atoms with Gasteiger partial charge in [0.15, 0.2) is 0 Å². The van der Waals surface area contributed by atoms with Gasteiger partial charge in [0.2, 0.25) is 5.88 Å². The van der Waals surface area contributed by atoms with Gasteiger partial charge in [-0.15, -0.1) is 0 Å². The van der Waals surface area contributed by atoms with Crippen LogP contribution in [0.5, 0.6) is 11.6 Å². The fraction of sp³-hybridized carbons (Fsp3) is 0.143. The summed E-state index contributed by atoms with van der Waals surface area (Å²) in [6, 6.07) is 7.83. The largest absolute Gasteiger partial charge is 0.477 e. The normalized spacial score (nSPS) is 11.2. The summed E-state index contributed by atoms with van der Waals surface area (Å²) in [4.78, 5) is 14.3. The number of carboxylic acids is 1. The highest BCUT2D eigenvalue weighted by Crippen LogP contribution is 2.31. The molecule has 1 heterocycles. The number of aromatic carboxylic acids is 1. The Kier molecular flexibility index (Phi) is 3.84. The third-order valence-corrected chi connectivity index (χ3v) is 2.62. The SMILES string of the molecule is Cc1ccc(Oc2nc(C(F)(F)F)ccc2C(=O)O)cc1. The maximum atomic E-state index is 12.6. The Morgan fingerprint density at radius 1 is 1.14 bits per heavy atom. The van der Waals surface area contributed by atoms with Gasteiger partial charge in [0.1, 0.15) is 17.0 Å². The van der Waals surface area contributed by atoms with Crippen molar-refractivity contribution >= 4 is 5.97 Å². The van der Waals surface area contributed by atoms with E-state index in [1.807, 2.05) is 6.92 Å². The maximum absolute atomic E-state index is 12.6. The standard InChI is InChI=1S/C14H10F3NO3/c1-8-2-4-9(5-3-8)21-12-10(13(19)20)6-7-11(18-12)14(15,16)17/h2-7H,1H3,(H,19,20). The molecule has 0 unspecified atom stereocenters. The lowest BCUT2D eigenvalue weighted by Gasteiger charge is -2.11. The Hall–Kier alpha value is -2.57. The topological polar surface area (TPSA) is 59.4 Å². The van der Waals surface area contributed by atoms with Crippen LogP contribution in [0.1, 0.15) is 21.6 Å². The van der Waals surface area contributed by atoms with E-state index in [1.54, 1.807) is 12.1 Å². The summed E-state index contributed by atoms with van der Waals surface area (Å²) in [6.45, 7) is 1.83. The first-order valence-electron chi connectivity index (χ1n) is 5.83. The molecule has 0 saturated heterocycles. The second kappa shape index (κ2) is 5.43. The first-order valence-corrected chi connectivity index (χ1v) is 5.83.